The number of anilines is 1. The number of carbonyl (C=O) groups excluding carboxylic acids is 1. The summed E-state index contributed by atoms with van der Waals surface area (Å²) < 4.78 is 4.89. The zero-order chi connectivity index (χ0) is 11.3. The van der Waals surface area contributed by atoms with Crippen molar-refractivity contribution in [2.75, 3.05) is 5.32 Å². The summed E-state index contributed by atoms with van der Waals surface area (Å²) in [4.78, 5) is 10.3. The fourth-order valence-corrected chi connectivity index (χ4v) is 1.38. The first-order valence-corrected chi connectivity index (χ1v) is 5.17. The van der Waals surface area contributed by atoms with E-state index in [4.69, 9.17) is 4.74 Å². The minimum absolute atomic E-state index is 0.311. The van der Waals surface area contributed by atoms with Gasteiger partial charge in [-0.15, -0.1) is 0 Å². The second kappa shape index (κ2) is 5.39. The quantitative estimate of drug-likeness (QED) is 0.754. The number of aryl methyl sites for hydroxylation is 1. The molecular formula is C12H17NO2. The van der Waals surface area contributed by atoms with Gasteiger partial charge in [-0.1, -0.05) is 13.0 Å². The molecule has 1 rings (SSSR count). The van der Waals surface area contributed by atoms with E-state index in [1.54, 1.807) is 0 Å². The van der Waals surface area contributed by atoms with E-state index in [0.717, 1.165) is 12.1 Å². The Morgan fingerprint density at radius 2 is 2.20 bits per heavy atom. The summed E-state index contributed by atoms with van der Waals surface area (Å²) in [6.45, 7) is 6.63. The van der Waals surface area contributed by atoms with Crippen molar-refractivity contribution < 1.29 is 9.53 Å². The Hall–Kier alpha value is -1.51. The van der Waals surface area contributed by atoms with Gasteiger partial charge in [-0.05, 0) is 38.0 Å². The van der Waals surface area contributed by atoms with Crippen molar-refractivity contribution in [2.24, 2.45) is 0 Å². The second-order valence-electron chi connectivity index (χ2n) is 3.70. The van der Waals surface area contributed by atoms with E-state index in [9.17, 15) is 4.79 Å². The Morgan fingerprint density at radius 1 is 1.47 bits per heavy atom. The van der Waals surface area contributed by atoms with Gasteiger partial charge in [0, 0.05) is 6.04 Å². The first-order valence-electron chi connectivity index (χ1n) is 5.17. The van der Waals surface area contributed by atoms with Crippen LogP contribution in [0.5, 0.6) is 5.75 Å². The van der Waals surface area contributed by atoms with Crippen LogP contribution in [0.1, 0.15) is 26.3 Å². The topological polar surface area (TPSA) is 38.3 Å². The summed E-state index contributed by atoms with van der Waals surface area (Å²) in [5.41, 5.74) is 2.09. The first-order chi connectivity index (χ1) is 7.17. The van der Waals surface area contributed by atoms with Gasteiger partial charge in [0.05, 0.1) is 5.69 Å². The maximum absolute atomic E-state index is 10.3. The van der Waals surface area contributed by atoms with Gasteiger partial charge in [0.2, 0.25) is 0 Å². The Kier molecular flexibility index (Phi) is 4.16. The maximum atomic E-state index is 10.3. The Morgan fingerprint density at radius 3 is 2.73 bits per heavy atom. The standard InChI is InChI=1S/C12H17NO2/c1-4-10-5-6-12(15-8-14)11(7-10)13-9(2)3/h5-9,13H,4H2,1-3H3. The molecule has 82 valence electrons. The number of hydrogen-bond acceptors (Lipinski definition) is 3. The van der Waals surface area contributed by atoms with E-state index in [1.807, 2.05) is 32.0 Å². The molecule has 1 aromatic carbocycles. The van der Waals surface area contributed by atoms with Crippen molar-refractivity contribution in [1.29, 1.82) is 0 Å². The first kappa shape index (κ1) is 11.6. The molecule has 0 aliphatic carbocycles. The molecule has 3 heteroatoms. The van der Waals surface area contributed by atoms with Crippen molar-refractivity contribution in [3.63, 3.8) is 0 Å². The molecule has 15 heavy (non-hydrogen) atoms. The molecule has 0 heterocycles. The zero-order valence-electron chi connectivity index (χ0n) is 9.41. The van der Waals surface area contributed by atoms with E-state index in [1.165, 1.54) is 5.56 Å². The second-order valence-corrected chi connectivity index (χ2v) is 3.70. The molecule has 0 amide bonds. The minimum Gasteiger partial charge on any atom is -0.427 e. The largest absolute Gasteiger partial charge is 0.427 e. The summed E-state index contributed by atoms with van der Waals surface area (Å²) >= 11 is 0. The van der Waals surface area contributed by atoms with Gasteiger partial charge in [-0.3, -0.25) is 4.79 Å². The molecular weight excluding hydrogens is 190 g/mol. The van der Waals surface area contributed by atoms with Crippen LogP contribution in [0.4, 0.5) is 5.69 Å². The third-order valence-corrected chi connectivity index (χ3v) is 2.07. The van der Waals surface area contributed by atoms with Crippen LogP contribution < -0.4 is 10.1 Å². The summed E-state index contributed by atoms with van der Waals surface area (Å²) in [7, 11) is 0. The van der Waals surface area contributed by atoms with Crippen LogP contribution in [0.3, 0.4) is 0 Å². The number of carbonyl (C=O) groups is 1. The Balaban J connectivity index is 2.98. The average molecular weight is 207 g/mol. The van der Waals surface area contributed by atoms with Gasteiger partial charge in [0.25, 0.3) is 6.47 Å². The lowest BCUT2D eigenvalue weighted by Crippen LogP contribution is -2.11. The van der Waals surface area contributed by atoms with Crippen LogP contribution >= 0.6 is 0 Å². The van der Waals surface area contributed by atoms with E-state index in [2.05, 4.69) is 12.2 Å². The normalized spacial score (nSPS) is 10.1. The molecule has 1 aromatic rings. The SMILES string of the molecule is CCc1ccc(OC=O)c(NC(C)C)c1. The minimum atomic E-state index is 0.311. The molecule has 0 spiro atoms. The van der Waals surface area contributed by atoms with Crippen LogP contribution in [-0.2, 0) is 11.2 Å². The molecule has 0 saturated heterocycles. The number of ether oxygens (including phenoxy) is 1. The molecule has 0 fully saturated rings. The molecule has 0 aliphatic heterocycles. The van der Waals surface area contributed by atoms with Gasteiger partial charge in [-0.25, -0.2) is 0 Å². The zero-order valence-corrected chi connectivity index (χ0v) is 9.41. The monoisotopic (exact) mass is 207 g/mol. The summed E-state index contributed by atoms with van der Waals surface area (Å²) in [5, 5.41) is 3.25. The smallest absolute Gasteiger partial charge is 0.298 e. The predicted octanol–water partition coefficient (Wildman–Crippen LogP) is 2.60. The van der Waals surface area contributed by atoms with E-state index >= 15 is 0 Å². The van der Waals surface area contributed by atoms with Gasteiger partial charge in [-0.2, -0.15) is 0 Å². The van der Waals surface area contributed by atoms with E-state index < -0.39 is 0 Å². The maximum Gasteiger partial charge on any atom is 0.298 e. The molecule has 0 aromatic heterocycles. The molecule has 0 atom stereocenters. The van der Waals surface area contributed by atoms with Crippen LogP contribution in [0.15, 0.2) is 18.2 Å². The van der Waals surface area contributed by atoms with Crippen molar-refractivity contribution >= 4 is 12.2 Å². The highest BCUT2D eigenvalue weighted by molar-refractivity contribution is 5.62. The molecule has 0 aliphatic rings. The van der Waals surface area contributed by atoms with Crippen LogP contribution in [0.2, 0.25) is 0 Å². The highest BCUT2D eigenvalue weighted by atomic mass is 16.5. The molecule has 1 N–H and O–H groups in total. The van der Waals surface area contributed by atoms with Crippen molar-refractivity contribution in [2.45, 2.75) is 33.2 Å². The predicted molar refractivity (Wildman–Crippen MR) is 61.3 cm³/mol. The van der Waals surface area contributed by atoms with Gasteiger partial charge >= 0.3 is 0 Å². The number of benzene rings is 1. The highest BCUT2D eigenvalue weighted by Crippen LogP contribution is 2.26. The molecule has 0 saturated carbocycles. The van der Waals surface area contributed by atoms with Gasteiger partial charge in [0.15, 0.2) is 5.75 Å². The van der Waals surface area contributed by atoms with Crippen LogP contribution in [0, 0.1) is 0 Å². The Bertz CT molecular complexity index is 334. The van der Waals surface area contributed by atoms with E-state index in [-0.39, 0.29) is 0 Å². The highest BCUT2D eigenvalue weighted by Gasteiger charge is 2.05. The lowest BCUT2D eigenvalue weighted by molar-refractivity contribution is -0.120. The van der Waals surface area contributed by atoms with E-state index in [0.29, 0.717) is 18.3 Å². The molecule has 3 nitrogen and oxygen atoms in total. The Labute approximate surface area is 90.4 Å². The average Bonchev–Trinajstić information content (AvgIpc) is 2.20. The summed E-state index contributed by atoms with van der Waals surface area (Å²) in [5.74, 6) is 0.580. The molecule has 0 bridgehead atoms. The molecule has 0 radical (unpaired) electrons. The lowest BCUT2D eigenvalue weighted by atomic mass is 10.1. The third-order valence-electron chi connectivity index (χ3n) is 2.07. The summed E-state index contributed by atoms with van der Waals surface area (Å²) in [6, 6.07) is 6.10. The summed E-state index contributed by atoms with van der Waals surface area (Å²) in [6.07, 6.45) is 0.966. The van der Waals surface area contributed by atoms with Crippen LogP contribution in [0.25, 0.3) is 0 Å². The van der Waals surface area contributed by atoms with Gasteiger partial charge in [0.1, 0.15) is 0 Å². The lowest BCUT2D eigenvalue weighted by Gasteiger charge is -2.14. The fraction of sp³-hybridized carbons (Fsp3) is 0.417. The number of nitrogens with one attached hydrogen (secondary N) is 1. The third kappa shape index (κ3) is 3.27. The van der Waals surface area contributed by atoms with Gasteiger partial charge < -0.3 is 10.1 Å². The fourth-order valence-electron chi connectivity index (χ4n) is 1.38. The van der Waals surface area contributed by atoms with Crippen molar-refractivity contribution in [1.82, 2.24) is 0 Å². The molecule has 0 unspecified atom stereocenters. The number of hydrogen-bond donors (Lipinski definition) is 1. The van der Waals surface area contributed by atoms with Crippen molar-refractivity contribution in [3.05, 3.63) is 23.8 Å². The van der Waals surface area contributed by atoms with Crippen molar-refractivity contribution in [3.8, 4) is 5.75 Å². The number of rotatable bonds is 5. The van der Waals surface area contributed by atoms with Crippen LogP contribution in [-0.4, -0.2) is 12.5 Å².